The van der Waals surface area contributed by atoms with Crippen LogP contribution in [0.15, 0.2) is 0 Å². The highest BCUT2D eigenvalue weighted by atomic mass is 16.2. The summed E-state index contributed by atoms with van der Waals surface area (Å²) in [5.74, 6) is 0.430. The van der Waals surface area contributed by atoms with Crippen LogP contribution in [0.1, 0.15) is 59.8 Å². The van der Waals surface area contributed by atoms with Crippen molar-refractivity contribution < 1.29 is 9.59 Å². The molecule has 0 aromatic rings. The summed E-state index contributed by atoms with van der Waals surface area (Å²) in [6, 6.07) is -0.242. The summed E-state index contributed by atoms with van der Waals surface area (Å²) < 4.78 is 0. The number of nitrogens with zero attached hydrogens (tertiary/aromatic N) is 1. The maximum absolute atomic E-state index is 12.5. The first-order valence-electron chi connectivity index (χ1n) is 8.65. The first kappa shape index (κ1) is 18.9. The fourth-order valence-corrected chi connectivity index (χ4v) is 2.98. The van der Waals surface area contributed by atoms with E-state index in [-0.39, 0.29) is 24.3 Å². The van der Waals surface area contributed by atoms with Crippen LogP contribution in [0, 0.1) is 11.8 Å². The number of carbonyl (C=O) groups is 2. The molecule has 0 saturated carbocycles. The smallest absolute Gasteiger partial charge is 0.242 e. The molecule has 2 atom stereocenters. The minimum atomic E-state index is -0.552. The van der Waals surface area contributed by atoms with Crippen molar-refractivity contribution in [3.63, 3.8) is 0 Å². The molecule has 1 heterocycles. The van der Waals surface area contributed by atoms with Gasteiger partial charge in [0.05, 0.1) is 12.6 Å². The lowest BCUT2D eigenvalue weighted by molar-refractivity contribution is -0.135. The molecule has 22 heavy (non-hydrogen) atoms. The number of hydrogen-bond donors (Lipinski definition) is 2. The second-order valence-electron chi connectivity index (χ2n) is 7.21. The van der Waals surface area contributed by atoms with Crippen molar-refractivity contribution in [3.05, 3.63) is 0 Å². The summed E-state index contributed by atoms with van der Waals surface area (Å²) in [7, 11) is 0. The van der Waals surface area contributed by atoms with Gasteiger partial charge in [0.15, 0.2) is 0 Å². The summed E-state index contributed by atoms with van der Waals surface area (Å²) >= 11 is 0. The van der Waals surface area contributed by atoms with E-state index in [2.05, 4.69) is 19.2 Å². The van der Waals surface area contributed by atoms with E-state index in [9.17, 15) is 9.59 Å². The van der Waals surface area contributed by atoms with Crippen LogP contribution in [0.4, 0.5) is 0 Å². The van der Waals surface area contributed by atoms with E-state index in [1.807, 2.05) is 18.7 Å². The van der Waals surface area contributed by atoms with Crippen molar-refractivity contribution in [1.82, 2.24) is 10.2 Å². The van der Waals surface area contributed by atoms with E-state index >= 15 is 0 Å². The molecular formula is C17H33N3O2. The van der Waals surface area contributed by atoms with E-state index in [4.69, 9.17) is 5.73 Å². The van der Waals surface area contributed by atoms with Gasteiger partial charge < -0.3 is 16.0 Å². The molecule has 1 fully saturated rings. The highest BCUT2D eigenvalue weighted by molar-refractivity contribution is 5.87. The molecule has 0 aromatic carbocycles. The Morgan fingerprint density at radius 3 is 2.45 bits per heavy atom. The molecule has 5 heteroatoms. The van der Waals surface area contributed by atoms with Gasteiger partial charge in [-0.2, -0.15) is 0 Å². The van der Waals surface area contributed by atoms with Crippen molar-refractivity contribution in [1.29, 1.82) is 0 Å². The fraction of sp³-hybridized carbons (Fsp3) is 0.882. The van der Waals surface area contributed by atoms with Crippen molar-refractivity contribution in [2.45, 2.75) is 71.9 Å². The van der Waals surface area contributed by atoms with E-state index in [1.54, 1.807) is 0 Å². The Morgan fingerprint density at radius 2 is 1.86 bits per heavy atom. The molecule has 0 spiro atoms. The van der Waals surface area contributed by atoms with Crippen LogP contribution in [0.3, 0.4) is 0 Å². The summed E-state index contributed by atoms with van der Waals surface area (Å²) in [6.07, 6.45) is 5.53. The largest absolute Gasteiger partial charge is 0.346 e. The number of carbonyl (C=O) groups excluding carboxylic acids is 2. The first-order valence-corrected chi connectivity index (χ1v) is 8.65. The quantitative estimate of drug-likeness (QED) is 0.786. The predicted molar refractivity (Wildman–Crippen MR) is 89.2 cm³/mol. The predicted octanol–water partition coefficient (Wildman–Crippen LogP) is 1.90. The maximum atomic E-state index is 12.5. The third-order valence-electron chi connectivity index (χ3n) is 4.38. The van der Waals surface area contributed by atoms with Gasteiger partial charge in [0.2, 0.25) is 11.8 Å². The van der Waals surface area contributed by atoms with Crippen LogP contribution < -0.4 is 11.1 Å². The van der Waals surface area contributed by atoms with Gasteiger partial charge in [-0.15, -0.1) is 0 Å². The SMILES string of the molecule is CC(C)CC1CCCCCN1C(=O)CNC(=O)[C@@H](N)C(C)C. The Hall–Kier alpha value is -1.10. The Kier molecular flexibility index (Phi) is 7.87. The minimum Gasteiger partial charge on any atom is -0.346 e. The molecule has 1 rings (SSSR count). The molecular weight excluding hydrogens is 278 g/mol. The zero-order valence-electron chi connectivity index (χ0n) is 14.6. The van der Waals surface area contributed by atoms with E-state index in [1.165, 1.54) is 12.8 Å². The minimum absolute atomic E-state index is 0.0249. The lowest BCUT2D eigenvalue weighted by atomic mass is 9.98. The number of nitrogens with two attached hydrogens (primary N) is 1. The van der Waals surface area contributed by atoms with Gasteiger partial charge in [-0.25, -0.2) is 0 Å². The zero-order chi connectivity index (χ0) is 16.7. The average Bonchev–Trinajstić information content (AvgIpc) is 2.68. The van der Waals surface area contributed by atoms with Crippen LogP contribution in [0.5, 0.6) is 0 Å². The van der Waals surface area contributed by atoms with Crippen LogP contribution in [0.2, 0.25) is 0 Å². The maximum Gasteiger partial charge on any atom is 0.242 e. The molecule has 0 aromatic heterocycles. The number of likely N-dealkylation sites (tertiary alicyclic amines) is 1. The first-order chi connectivity index (χ1) is 10.3. The highest BCUT2D eigenvalue weighted by Crippen LogP contribution is 2.22. The summed E-state index contributed by atoms with van der Waals surface area (Å²) in [6.45, 7) is 9.06. The molecule has 128 valence electrons. The summed E-state index contributed by atoms with van der Waals surface area (Å²) in [4.78, 5) is 26.4. The molecule has 0 radical (unpaired) electrons. The molecule has 5 nitrogen and oxygen atoms in total. The lowest BCUT2D eigenvalue weighted by Crippen LogP contribution is -2.50. The van der Waals surface area contributed by atoms with E-state index in [0.29, 0.717) is 12.0 Å². The van der Waals surface area contributed by atoms with Crippen LogP contribution in [0.25, 0.3) is 0 Å². The standard InChI is InChI=1S/C17H33N3O2/c1-12(2)10-14-8-6-5-7-9-20(14)15(21)11-19-17(22)16(18)13(3)4/h12-14,16H,5-11,18H2,1-4H3,(H,19,22)/t14?,16-/m0/s1. The van der Waals surface area contributed by atoms with Crippen molar-refractivity contribution in [3.8, 4) is 0 Å². The van der Waals surface area contributed by atoms with E-state index < -0.39 is 6.04 Å². The Bertz CT molecular complexity index is 369. The molecule has 0 bridgehead atoms. The normalized spacial score (nSPS) is 20.9. The second kappa shape index (κ2) is 9.13. The third-order valence-corrected chi connectivity index (χ3v) is 4.38. The number of hydrogen-bond acceptors (Lipinski definition) is 3. The van der Waals surface area contributed by atoms with Crippen LogP contribution in [-0.4, -0.2) is 41.9 Å². The van der Waals surface area contributed by atoms with Gasteiger partial charge in [-0.05, 0) is 31.1 Å². The summed E-state index contributed by atoms with van der Waals surface area (Å²) in [5, 5.41) is 2.70. The van der Waals surface area contributed by atoms with Crippen LogP contribution in [-0.2, 0) is 9.59 Å². The van der Waals surface area contributed by atoms with Gasteiger partial charge >= 0.3 is 0 Å². The van der Waals surface area contributed by atoms with Crippen molar-refractivity contribution >= 4 is 11.8 Å². The molecule has 1 aliphatic heterocycles. The molecule has 2 amide bonds. The molecule has 1 unspecified atom stereocenters. The Labute approximate surface area is 135 Å². The molecule has 3 N–H and O–H groups in total. The lowest BCUT2D eigenvalue weighted by Gasteiger charge is -2.31. The van der Waals surface area contributed by atoms with Gasteiger partial charge in [0.25, 0.3) is 0 Å². The second-order valence-corrected chi connectivity index (χ2v) is 7.21. The number of nitrogens with one attached hydrogen (secondary N) is 1. The number of rotatable bonds is 6. The Balaban J connectivity index is 2.58. The molecule has 0 aliphatic carbocycles. The highest BCUT2D eigenvalue weighted by Gasteiger charge is 2.26. The summed E-state index contributed by atoms with van der Waals surface area (Å²) in [5.41, 5.74) is 5.81. The van der Waals surface area contributed by atoms with E-state index in [0.717, 1.165) is 25.8 Å². The third kappa shape index (κ3) is 5.95. The van der Waals surface area contributed by atoms with Gasteiger partial charge in [0.1, 0.15) is 0 Å². The van der Waals surface area contributed by atoms with Gasteiger partial charge in [-0.1, -0.05) is 40.5 Å². The fourth-order valence-electron chi connectivity index (χ4n) is 2.98. The van der Waals surface area contributed by atoms with Gasteiger partial charge in [-0.3, -0.25) is 9.59 Å². The Morgan fingerprint density at radius 1 is 1.18 bits per heavy atom. The zero-order valence-corrected chi connectivity index (χ0v) is 14.6. The van der Waals surface area contributed by atoms with Crippen molar-refractivity contribution in [2.24, 2.45) is 17.6 Å². The van der Waals surface area contributed by atoms with Gasteiger partial charge in [0, 0.05) is 12.6 Å². The molecule has 1 saturated heterocycles. The number of amides is 2. The van der Waals surface area contributed by atoms with Crippen molar-refractivity contribution in [2.75, 3.05) is 13.1 Å². The average molecular weight is 311 g/mol. The van der Waals surface area contributed by atoms with Crippen LogP contribution >= 0.6 is 0 Å². The molecule has 1 aliphatic rings. The topological polar surface area (TPSA) is 75.4 Å². The monoisotopic (exact) mass is 311 g/mol.